The van der Waals surface area contributed by atoms with E-state index >= 15 is 0 Å². The van der Waals surface area contributed by atoms with Gasteiger partial charge in [-0.15, -0.1) is 0 Å². The Morgan fingerprint density at radius 1 is 1.43 bits per heavy atom. The average molecular weight is 312 g/mol. The maximum atomic E-state index is 13.2. The number of hydrogen-bond donors (Lipinski definition) is 2. The maximum absolute atomic E-state index is 13.2. The van der Waals surface area contributed by atoms with Crippen LogP contribution in [0.5, 0.6) is 0 Å². The number of nitrogens with two attached hydrogens (primary N) is 1. The van der Waals surface area contributed by atoms with Crippen LogP contribution in [0.25, 0.3) is 0 Å². The molecule has 7 nitrogen and oxygen atoms in total. The van der Waals surface area contributed by atoms with E-state index in [9.17, 15) is 17.6 Å². The van der Waals surface area contributed by atoms with Crippen LogP contribution in [0.1, 0.15) is 6.42 Å². The number of primary sulfonamides is 1. The van der Waals surface area contributed by atoms with Gasteiger partial charge in [0.1, 0.15) is 10.7 Å². The molecule has 1 aromatic heterocycles. The number of nitrogens with zero attached hydrogens (tertiary/aromatic N) is 2. The Labute approximate surface area is 120 Å². The highest BCUT2D eigenvalue weighted by Crippen LogP contribution is 2.21. The molecule has 1 amide bonds. The molecule has 0 aliphatic heterocycles. The lowest BCUT2D eigenvalue weighted by molar-refractivity contribution is -0.116. The van der Waals surface area contributed by atoms with Crippen molar-refractivity contribution in [2.45, 2.75) is 17.9 Å². The number of sulfonamides is 1. The molecule has 9 heteroatoms. The molecule has 0 aliphatic carbocycles. The van der Waals surface area contributed by atoms with E-state index in [0.29, 0.717) is 6.54 Å². The van der Waals surface area contributed by atoms with Gasteiger partial charge in [0.05, 0.1) is 12.0 Å². The second kappa shape index (κ2) is 6.02. The van der Waals surface area contributed by atoms with E-state index in [2.05, 4.69) is 10.3 Å². The number of anilines is 1. The van der Waals surface area contributed by atoms with Crippen LogP contribution in [0.4, 0.5) is 10.1 Å². The van der Waals surface area contributed by atoms with E-state index in [1.54, 1.807) is 23.3 Å². The molecule has 0 spiro atoms. The zero-order chi connectivity index (χ0) is 15.5. The minimum Gasteiger partial charge on any atom is -0.337 e. The van der Waals surface area contributed by atoms with Crippen molar-refractivity contribution in [1.29, 1.82) is 0 Å². The number of nitrogens with one attached hydrogen (secondary N) is 1. The largest absolute Gasteiger partial charge is 0.337 e. The van der Waals surface area contributed by atoms with Crippen LogP contribution in [-0.4, -0.2) is 23.9 Å². The van der Waals surface area contributed by atoms with E-state index in [1.807, 2.05) is 0 Å². The Morgan fingerprint density at radius 3 is 2.81 bits per heavy atom. The van der Waals surface area contributed by atoms with Crippen LogP contribution in [-0.2, 0) is 21.4 Å². The van der Waals surface area contributed by atoms with Crippen molar-refractivity contribution in [3.63, 3.8) is 0 Å². The maximum Gasteiger partial charge on any atom is 0.240 e. The molecule has 0 fully saturated rings. The van der Waals surface area contributed by atoms with E-state index in [1.165, 1.54) is 0 Å². The lowest BCUT2D eigenvalue weighted by atomic mass is 10.3. The zero-order valence-electron chi connectivity index (χ0n) is 10.9. The Hall–Kier alpha value is -2.26. The van der Waals surface area contributed by atoms with Crippen LogP contribution < -0.4 is 10.5 Å². The lowest BCUT2D eigenvalue weighted by Gasteiger charge is -2.10. The fraction of sp³-hybridized carbons (Fsp3) is 0.167. The number of benzene rings is 1. The third-order valence-electron chi connectivity index (χ3n) is 2.68. The van der Waals surface area contributed by atoms with Crippen molar-refractivity contribution >= 4 is 21.6 Å². The van der Waals surface area contributed by atoms with E-state index < -0.39 is 21.7 Å². The van der Waals surface area contributed by atoms with Gasteiger partial charge in [-0.05, 0) is 18.2 Å². The molecule has 0 saturated carbocycles. The number of carbonyl (C=O) groups excluding carboxylic acids is 1. The second-order valence-corrected chi connectivity index (χ2v) is 5.81. The highest BCUT2D eigenvalue weighted by molar-refractivity contribution is 7.89. The van der Waals surface area contributed by atoms with Crippen molar-refractivity contribution in [2.24, 2.45) is 5.14 Å². The summed E-state index contributed by atoms with van der Waals surface area (Å²) in [6.45, 7) is 0.367. The average Bonchev–Trinajstić information content (AvgIpc) is 2.88. The minimum absolute atomic E-state index is 0.0803. The molecule has 1 heterocycles. The third kappa shape index (κ3) is 4.10. The van der Waals surface area contributed by atoms with E-state index in [0.717, 1.165) is 18.2 Å². The van der Waals surface area contributed by atoms with Crippen molar-refractivity contribution in [2.75, 3.05) is 5.32 Å². The van der Waals surface area contributed by atoms with Crippen LogP contribution in [0.2, 0.25) is 0 Å². The van der Waals surface area contributed by atoms with Crippen LogP contribution in [0.15, 0.2) is 41.8 Å². The molecule has 0 atom stereocenters. The summed E-state index contributed by atoms with van der Waals surface area (Å²) < 4.78 is 37.6. The quantitative estimate of drug-likeness (QED) is 0.847. The van der Waals surface area contributed by atoms with Gasteiger partial charge in [-0.25, -0.2) is 22.9 Å². The standard InChI is InChI=1S/C12H13FN4O3S/c13-9-1-2-11(21(14,19)20)10(7-9)16-12(18)3-5-17-6-4-15-8-17/h1-2,4,6-8H,3,5H2,(H,16,18)(H2,14,19,20). The molecule has 0 unspecified atom stereocenters. The van der Waals surface area contributed by atoms with Crippen LogP contribution in [0, 0.1) is 5.82 Å². The van der Waals surface area contributed by atoms with Gasteiger partial charge in [0.15, 0.2) is 0 Å². The van der Waals surface area contributed by atoms with Crippen molar-refractivity contribution in [3.05, 3.63) is 42.7 Å². The molecule has 21 heavy (non-hydrogen) atoms. The van der Waals surface area contributed by atoms with Crippen LogP contribution >= 0.6 is 0 Å². The number of hydrogen-bond acceptors (Lipinski definition) is 4. The summed E-state index contributed by atoms with van der Waals surface area (Å²) in [6.07, 6.45) is 4.89. The number of aryl methyl sites for hydroxylation is 1. The first-order chi connectivity index (χ1) is 9.86. The molecule has 2 rings (SSSR count). The first-order valence-corrected chi connectivity index (χ1v) is 7.49. The van der Waals surface area contributed by atoms with Gasteiger partial charge in [-0.3, -0.25) is 4.79 Å². The van der Waals surface area contributed by atoms with Crippen LogP contribution in [0.3, 0.4) is 0 Å². The van der Waals surface area contributed by atoms with Gasteiger partial charge in [0.2, 0.25) is 15.9 Å². The number of halogens is 1. The van der Waals surface area contributed by atoms with Gasteiger partial charge in [0.25, 0.3) is 0 Å². The highest BCUT2D eigenvalue weighted by Gasteiger charge is 2.16. The Balaban J connectivity index is 2.11. The summed E-state index contributed by atoms with van der Waals surface area (Å²) in [5.41, 5.74) is -0.173. The molecule has 0 aliphatic rings. The molecular formula is C12H13FN4O3S. The van der Waals surface area contributed by atoms with Gasteiger partial charge in [0, 0.05) is 25.4 Å². The third-order valence-corrected chi connectivity index (χ3v) is 3.65. The zero-order valence-corrected chi connectivity index (χ0v) is 11.7. The monoisotopic (exact) mass is 312 g/mol. The molecule has 0 bridgehead atoms. The summed E-state index contributed by atoms with van der Waals surface area (Å²) in [5.74, 6) is -1.13. The normalized spacial score (nSPS) is 11.3. The first-order valence-electron chi connectivity index (χ1n) is 5.94. The molecule has 0 radical (unpaired) electrons. The van der Waals surface area contributed by atoms with Gasteiger partial charge in [-0.1, -0.05) is 0 Å². The number of carbonyl (C=O) groups is 1. The molecule has 0 saturated heterocycles. The summed E-state index contributed by atoms with van der Waals surface area (Å²) >= 11 is 0. The van der Waals surface area contributed by atoms with Crippen molar-refractivity contribution in [3.8, 4) is 0 Å². The predicted molar refractivity (Wildman–Crippen MR) is 73.2 cm³/mol. The highest BCUT2D eigenvalue weighted by atomic mass is 32.2. The van der Waals surface area contributed by atoms with Crippen molar-refractivity contribution < 1.29 is 17.6 Å². The lowest BCUT2D eigenvalue weighted by Crippen LogP contribution is -2.19. The molecular weight excluding hydrogens is 299 g/mol. The van der Waals surface area contributed by atoms with Crippen molar-refractivity contribution in [1.82, 2.24) is 9.55 Å². The van der Waals surface area contributed by atoms with Gasteiger partial charge < -0.3 is 9.88 Å². The second-order valence-electron chi connectivity index (χ2n) is 4.28. The summed E-state index contributed by atoms with van der Waals surface area (Å²) in [7, 11) is -4.05. The molecule has 1 aromatic carbocycles. The fourth-order valence-corrected chi connectivity index (χ4v) is 2.38. The number of amides is 1. The van der Waals surface area contributed by atoms with E-state index in [-0.39, 0.29) is 17.0 Å². The number of rotatable bonds is 5. The van der Waals surface area contributed by atoms with Gasteiger partial charge >= 0.3 is 0 Å². The summed E-state index contributed by atoms with van der Waals surface area (Å²) in [5, 5.41) is 7.37. The summed E-state index contributed by atoms with van der Waals surface area (Å²) in [6, 6.07) is 2.88. The van der Waals surface area contributed by atoms with Gasteiger partial charge in [-0.2, -0.15) is 0 Å². The fourth-order valence-electron chi connectivity index (χ4n) is 1.71. The molecule has 3 N–H and O–H groups in total. The topological polar surface area (TPSA) is 107 Å². The first kappa shape index (κ1) is 15.1. The molecule has 2 aromatic rings. The Kier molecular flexibility index (Phi) is 4.34. The predicted octanol–water partition coefficient (Wildman–Crippen LogP) is 0.698. The SMILES string of the molecule is NS(=O)(=O)c1ccc(F)cc1NC(=O)CCn1ccnc1. The Morgan fingerprint density at radius 2 is 2.19 bits per heavy atom. The minimum atomic E-state index is -4.05. The summed E-state index contributed by atoms with van der Waals surface area (Å²) in [4.78, 5) is 15.3. The van der Waals surface area contributed by atoms with E-state index in [4.69, 9.17) is 5.14 Å². The Bertz CT molecular complexity index is 744. The smallest absolute Gasteiger partial charge is 0.240 e. The molecule has 112 valence electrons. The number of imidazole rings is 1. The number of aromatic nitrogens is 2.